The van der Waals surface area contributed by atoms with E-state index in [0.717, 1.165) is 11.1 Å². The van der Waals surface area contributed by atoms with E-state index in [1.807, 2.05) is 60.7 Å². The molecule has 0 radical (unpaired) electrons. The second kappa shape index (κ2) is 7.87. The lowest BCUT2D eigenvalue weighted by molar-refractivity contribution is -0.145. The van der Waals surface area contributed by atoms with Crippen molar-refractivity contribution in [3.8, 4) is 0 Å². The Bertz CT molecular complexity index is 993. The molecule has 148 valence electrons. The number of carbonyl (C=O) groups is 2. The topological polar surface area (TPSA) is 88.3 Å². The Balaban J connectivity index is 1.45. The standard InChI is InChI=1S/C22H22N4O3/c27-20(19-16-26(24-23-19)15-17-7-3-1-4-8-17)25-13-11-22(12-14-25,21(28)29)18-9-5-2-6-10-18/h1-10,16H,11-15H2,(H,28,29). The summed E-state index contributed by atoms with van der Waals surface area (Å²) in [6, 6.07) is 19.1. The summed E-state index contributed by atoms with van der Waals surface area (Å²) >= 11 is 0. The molecule has 2 aromatic carbocycles. The first kappa shape index (κ1) is 18.9. The molecule has 4 rings (SSSR count). The van der Waals surface area contributed by atoms with E-state index >= 15 is 0 Å². The monoisotopic (exact) mass is 390 g/mol. The average molecular weight is 390 g/mol. The lowest BCUT2D eigenvalue weighted by Crippen LogP contribution is -2.49. The van der Waals surface area contributed by atoms with E-state index in [1.165, 1.54) is 0 Å². The van der Waals surface area contributed by atoms with Gasteiger partial charge in [-0.3, -0.25) is 9.59 Å². The van der Waals surface area contributed by atoms with Crippen LogP contribution in [0.5, 0.6) is 0 Å². The zero-order valence-corrected chi connectivity index (χ0v) is 15.9. The second-order valence-corrected chi connectivity index (χ2v) is 7.33. The van der Waals surface area contributed by atoms with Gasteiger partial charge in [0.15, 0.2) is 5.69 Å². The van der Waals surface area contributed by atoms with Gasteiger partial charge in [-0.2, -0.15) is 0 Å². The number of rotatable bonds is 5. The fourth-order valence-corrected chi connectivity index (χ4v) is 3.88. The number of amides is 1. The van der Waals surface area contributed by atoms with Crippen LogP contribution in [-0.2, 0) is 16.8 Å². The van der Waals surface area contributed by atoms with Crippen molar-refractivity contribution in [1.82, 2.24) is 19.9 Å². The van der Waals surface area contributed by atoms with E-state index in [9.17, 15) is 14.7 Å². The van der Waals surface area contributed by atoms with Gasteiger partial charge in [0, 0.05) is 13.1 Å². The third-order valence-corrected chi connectivity index (χ3v) is 5.59. The van der Waals surface area contributed by atoms with E-state index in [-0.39, 0.29) is 11.6 Å². The van der Waals surface area contributed by atoms with Crippen LogP contribution < -0.4 is 0 Å². The van der Waals surface area contributed by atoms with Crippen LogP contribution >= 0.6 is 0 Å². The van der Waals surface area contributed by atoms with Crippen LogP contribution in [0.3, 0.4) is 0 Å². The van der Waals surface area contributed by atoms with Gasteiger partial charge < -0.3 is 10.0 Å². The molecule has 0 spiro atoms. The molecular weight excluding hydrogens is 368 g/mol. The van der Waals surface area contributed by atoms with Gasteiger partial charge in [-0.15, -0.1) is 5.10 Å². The maximum Gasteiger partial charge on any atom is 0.314 e. The van der Waals surface area contributed by atoms with Crippen molar-refractivity contribution in [2.24, 2.45) is 0 Å². The third-order valence-electron chi connectivity index (χ3n) is 5.59. The maximum absolute atomic E-state index is 12.8. The summed E-state index contributed by atoms with van der Waals surface area (Å²) in [7, 11) is 0. The molecule has 0 bridgehead atoms. The number of benzene rings is 2. The van der Waals surface area contributed by atoms with E-state index in [2.05, 4.69) is 10.3 Å². The Hall–Kier alpha value is -3.48. The molecule has 1 aromatic heterocycles. The molecule has 7 nitrogen and oxygen atoms in total. The molecule has 1 amide bonds. The molecule has 3 aromatic rings. The summed E-state index contributed by atoms with van der Waals surface area (Å²) in [5.41, 5.74) is 1.18. The van der Waals surface area contributed by atoms with Gasteiger partial charge in [-0.25, -0.2) is 4.68 Å². The quantitative estimate of drug-likeness (QED) is 0.723. The number of hydrogen-bond acceptors (Lipinski definition) is 4. The van der Waals surface area contributed by atoms with Gasteiger partial charge >= 0.3 is 5.97 Å². The minimum Gasteiger partial charge on any atom is -0.481 e. The highest BCUT2D eigenvalue weighted by molar-refractivity contribution is 5.92. The number of aliphatic carboxylic acids is 1. The van der Waals surface area contributed by atoms with Crippen LogP contribution in [0, 0.1) is 0 Å². The first-order chi connectivity index (χ1) is 14.1. The summed E-state index contributed by atoms with van der Waals surface area (Å²) < 4.78 is 1.64. The minimum atomic E-state index is -0.955. The normalized spacial score (nSPS) is 15.8. The average Bonchev–Trinajstić information content (AvgIpc) is 3.23. The molecule has 0 saturated carbocycles. The zero-order valence-electron chi connectivity index (χ0n) is 15.9. The fourth-order valence-electron chi connectivity index (χ4n) is 3.88. The molecule has 0 atom stereocenters. The van der Waals surface area contributed by atoms with Gasteiger partial charge in [0.2, 0.25) is 0 Å². The maximum atomic E-state index is 12.8. The number of carboxylic acid groups (broad SMARTS) is 1. The van der Waals surface area contributed by atoms with Crippen molar-refractivity contribution in [3.63, 3.8) is 0 Å². The number of carboxylic acids is 1. The highest BCUT2D eigenvalue weighted by atomic mass is 16.4. The van der Waals surface area contributed by atoms with Crippen molar-refractivity contribution in [2.75, 3.05) is 13.1 Å². The molecular formula is C22H22N4O3. The van der Waals surface area contributed by atoms with E-state index in [0.29, 0.717) is 32.5 Å². The summed E-state index contributed by atoms with van der Waals surface area (Å²) in [4.78, 5) is 26.6. The molecule has 29 heavy (non-hydrogen) atoms. The first-order valence-corrected chi connectivity index (χ1v) is 9.61. The Morgan fingerprint density at radius 3 is 2.21 bits per heavy atom. The lowest BCUT2D eigenvalue weighted by atomic mass is 9.73. The lowest BCUT2D eigenvalue weighted by Gasteiger charge is -2.39. The number of piperidine rings is 1. The Labute approximate surface area is 168 Å². The fraction of sp³-hybridized carbons (Fsp3) is 0.273. The minimum absolute atomic E-state index is 0.212. The molecule has 2 heterocycles. The van der Waals surface area contributed by atoms with Crippen LogP contribution in [0.4, 0.5) is 0 Å². The van der Waals surface area contributed by atoms with Crippen molar-refractivity contribution >= 4 is 11.9 Å². The van der Waals surface area contributed by atoms with Gasteiger partial charge in [-0.05, 0) is 24.0 Å². The molecule has 1 N–H and O–H groups in total. The highest BCUT2D eigenvalue weighted by Gasteiger charge is 2.44. The second-order valence-electron chi connectivity index (χ2n) is 7.33. The molecule has 0 aliphatic carbocycles. The smallest absolute Gasteiger partial charge is 0.314 e. The predicted molar refractivity (Wildman–Crippen MR) is 106 cm³/mol. The summed E-state index contributed by atoms with van der Waals surface area (Å²) in [6.07, 6.45) is 2.39. The first-order valence-electron chi connectivity index (χ1n) is 9.61. The van der Waals surface area contributed by atoms with E-state index in [1.54, 1.807) is 15.8 Å². The molecule has 1 saturated heterocycles. The van der Waals surface area contributed by atoms with E-state index < -0.39 is 11.4 Å². The number of likely N-dealkylation sites (tertiary alicyclic amines) is 1. The van der Waals surface area contributed by atoms with Gasteiger partial charge in [0.05, 0.1) is 18.2 Å². The van der Waals surface area contributed by atoms with Crippen LogP contribution in [0.15, 0.2) is 66.9 Å². The molecule has 7 heteroatoms. The van der Waals surface area contributed by atoms with Crippen LogP contribution in [0.1, 0.15) is 34.5 Å². The van der Waals surface area contributed by atoms with Crippen molar-refractivity contribution in [3.05, 3.63) is 83.7 Å². The van der Waals surface area contributed by atoms with Crippen LogP contribution in [-0.4, -0.2) is 50.0 Å². The van der Waals surface area contributed by atoms with Gasteiger partial charge in [0.25, 0.3) is 5.91 Å². The summed E-state index contributed by atoms with van der Waals surface area (Å²) in [5.74, 6) is -1.05. The number of hydrogen-bond donors (Lipinski definition) is 1. The number of carbonyl (C=O) groups excluding carboxylic acids is 1. The van der Waals surface area contributed by atoms with Crippen molar-refractivity contribution in [1.29, 1.82) is 0 Å². The third kappa shape index (κ3) is 3.76. The Kier molecular flexibility index (Phi) is 5.12. The van der Waals surface area contributed by atoms with Crippen molar-refractivity contribution in [2.45, 2.75) is 24.8 Å². The summed E-state index contributed by atoms with van der Waals surface area (Å²) in [6.45, 7) is 1.27. The Morgan fingerprint density at radius 1 is 0.966 bits per heavy atom. The van der Waals surface area contributed by atoms with Gasteiger partial charge in [0.1, 0.15) is 0 Å². The van der Waals surface area contributed by atoms with Crippen LogP contribution in [0.25, 0.3) is 0 Å². The highest BCUT2D eigenvalue weighted by Crippen LogP contribution is 2.36. The largest absolute Gasteiger partial charge is 0.481 e. The molecule has 1 aliphatic rings. The summed E-state index contributed by atoms with van der Waals surface area (Å²) in [5, 5.41) is 18.0. The number of aromatic nitrogens is 3. The van der Waals surface area contributed by atoms with Gasteiger partial charge in [-0.1, -0.05) is 65.9 Å². The number of nitrogens with zero attached hydrogens (tertiary/aromatic N) is 4. The van der Waals surface area contributed by atoms with E-state index in [4.69, 9.17) is 0 Å². The SMILES string of the molecule is O=C(c1cn(Cc2ccccc2)nn1)N1CCC(C(=O)O)(c2ccccc2)CC1. The molecule has 0 unspecified atom stereocenters. The van der Waals surface area contributed by atoms with Crippen molar-refractivity contribution < 1.29 is 14.7 Å². The molecule has 1 fully saturated rings. The molecule has 1 aliphatic heterocycles. The zero-order chi connectivity index (χ0) is 20.3. The Morgan fingerprint density at radius 2 is 1.59 bits per heavy atom. The predicted octanol–water partition coefficient (Wildman–Crippen LogP) is 2.59. The van der Waals surface area contributed by atoms with Crippen LogP contribution in [0.2, 0.25) is 0 Å².